The lowest BCUT2D eigenvalue weighted by Gasteiger charge is -2.07. The molecule has 1 aromatic carbocycles. The Morgan fingerprint density at radius 2 is 2.05 bits per heavy atom. The number of carbonyl (C=O) groups is 1. The fourth-order valence-corrected chi connectivity index (χ4v) is 2.33. The summed E-state index contributed by atoms with van der Waals surface area (Å²) in [7, 11) is 0. The predicted molar refractivity (Wildman–Crippen MR) is 72.4 cm³/mol. The largest absolute Gasteiger partial charge is 0.508 e. The summed E-state index contributed by atoms with van der Waals surface area (Å²) in [4.78, 5) is 16.9. The highest BCUT2D eigenvalue weighted by Crippen LogP contribution is 2.29. The molecule has 2 aromatic rings. The zero-order chi connectivity index (χ0) is 13.7. The lowest BCUT2D eigenvalue weighted by Crippen LogP contribution is -2.06. The van der Waals surface area contributed by atoms with Crippen LogP contribution in [0.4, 0.5) is 0 Å². The van der Waals surface area contributed by atoms with Gasteiger partial charge in [0.05, 0.1) is 12.2 Å². The number of nitrogens with zero attached hydrogens (tertiary/aromatic N) is 1. The molecule has 4 nitrogen and oxygen atoms in total. The summed E-state index contributed by atoms with van der Waals surface area (Å²) in [5.74, 6) is -0.173. The van der Waals surface area contributed by atoms with Crippen LogP contribution in [-0.2, 0) is 4.74 Å². The van der Waals surface area contributed by atoms with Gasteiger partial charge < -0.3 is 9.84 Å². The van der Waals surface area contributed by atoms with E-state index in [1.165, 1.54) is 11.8 Å². The minimum Gasteiger partial charge on any atom is -0.508 e. The molecule has 0 atom stereocenters. The Morgan fingerprint density at radius 1 is 1.32 bits per heavy atom. The standard InChI is InChI=1S/C14H13NO3S/c1-2-18-14(17)12-4-3-9-15-13(12)19-11-7-5-10(16)6-8-11/h3-9,16H,2H2,1H3. The molecule has 0 fully saturated rings. The predicted octanol–water partition coefficient (Wildman–Crippen LogP) is 3.12. The molecular formula is C14H13NO3S. The number of hydrogen-bond acceptors (Lipinski definition) is 5. The first-order chi connectivity index (χ1) is 9.20. The first kappa shape index (κ1) is 13.4. The van der Waals surface area contributed by atoms with Gasteiger partial charge in [-0.2, -0.15) is 0 Å². The number of benzene rings is 1. The van der Waals surface area contributed by atoms with Gasteiger partial charge in [0.2, 0.25) is 0 Å². The first-order valence-corrected chi connectivity index (χ1v) is 6.61. The van der Waals surface area contributed by atoms with Crippen molar-refractivity contribution in [2.75, 3.05) is 6.61 Å². The van der Waals surface area contributed by atoms with E-state index in [9.17, 15) is 9.90 Å². The van der Waals surface area contributed by atoms with E-state index >= 15 is 0 Å². The van der Waals surface area contributed by atoms with Crippen molar-refractivity contribution in [1.29, 1.82) is 0 Å². The highest BCUT2D eigenvalue weighted by atomic mass is 32.2. The van der Waals surface area contributed by atoms with Crippen molar-refractivity contribution in [3.8, 4) is 5.75 Å². The van der Waals surface area contributed by atoms with Gasteiger partial charge in [0.25, 0.3) is 0 Å². The minimum atomic E-state index is -0.378. The van der Waals surface area contributed by atoms with E-state index in [2.05, 4.69) is 4.98 Å². The Morgan fingerprint density at radius 3 is 2.74 bits per heavy atom. The van der Waals surface area contributed by atoms with Gasteiger partial charge >= 0.3 is 5.97 Å². The van der Waals surface area contributed by atoms with Crippen molar-refractivity contribution in [1.82, 2.24) is 4.98 Å². The molecule has 0 saturated heterocycles. The number of rotatable bonds is 4. The van der Waals surface area contributed by atoms with E-state index in [1.54, 1.807) is 49.5 Å². The third kappa shape index (κ3) is 3.48. The van der Waals surface area contributed by atoms with Crippen LogP contribution >= 0.6 is 11.8 Å². The van der Waals surface area contributed by atoms with Gasteiger partial charge in [0.1, 0.15) is 10.8 Å². The molecule has 19 heavy (non-hydrogen) atoms. The van der Waals surface area contributed by atoms with E-state index < -0.39 is 0 Å². The van der Waals surface area contributed by atoms with Crippen molar-refractivity contribution in [3.63, 3.8) is 0 Å². The number of hydrogen-bond donors (Lipinski definition) is 1. The van der Waals surface area contributed by atoms with Crippen molar-refractivity contribution in [3.05, 3.63) is 48.2 Å². The number of pyridine rings is 1. The SMILES string of the molecule is CCOC(=O)c1cccnc1Sc1ccc(O)cc1. The number of carbonyl (C=O) groups excluding carboxylic acids is 1. The average Bonchev–Trinajstić information content (AvgIpc) is 2.42. The van der Waals surface area contributed by atoms with Gasteiger partial charge in [0.15, 0.2) is 0 Å². The van der Waals surface area contributed by atoms with Gasteiger partial charge in [-0.1, -0.05) is 11.8 Å². The van der Waals surface area contributed by atoms with Crippen molar-refractivity contribution in [2.45, 2.75) is 16.8 Å². The van der Waals surface area contributed by atoms with Crippen LogP contribution in [0, 0.1) is 0 Å². The number of phenolic OH excluding ortho intramolecular Hbond substituents is 1. The van der Waals surface area contributed by atoms with E-state index in [-0.39, 0.29) is 11.7 Å². The lowest BCUT2D eigenvalue weighted by molar-refractivity contribution is 0.0521. The van der Waals surface area contributed by atoms with Gasteiger partial charge in [0, 0.05) is 11.1 Å². The molecule has 0 radical (unpaired) electrons. The maximum absolute atomic E-state index is 11.8. The van der Waals surface area contributed by atoms with Crippen molar-refractivity contribution < 1.29 is 14.6 Å². The zero-order valence-corrected chi connectivity index (χ0v) is 11.2. The summed E-state index contributed by atoms with van der Waals surface area (Å²) in [5.41, 5.74) is 0.447. The molecule has 0 aliphatic carbocycles. The van der Waals surface area contributed by atoms with Crippen LogP contribution in [0.1, 0.15) is 17.3 Å². The van der Waals surface area contributed by atoms with E-state index in [1.807, 2.05) is 0 Å². The molecule has 0 saturated carbocycles. The molecule has 98 valence electrons. The molecule has 0 bridgehead atoms. The number of ether oxygens (including phenoxy) is 1. The topological polar surface area (TPSA) is 59.4 Å². The number of phenols is 1. The third-order valence-electron chi connectivity index (χ3n) is 2.32. The van der Waals surface area contributed by atoms with E-state index in [4.69, 9.17) is 4.74 Å². The highest BCUT2D eigenvalue weighted by Gasteiger charge is 2.14. The lowest BCUT2D eigenvalue weighted by atomic mass is 10.3. The summed E-state index contributed by atoms with van der Waals surface area (Å²) in [5, 5.41) is 9.83. The zero-order valence-electron chi connectivity index (χ0n) is 10.4. The smallest absolute Gasteiger partial charge is 0.340 e. The van der Waals surface area contributed by atoms with Crippen LogP contribution in [0.15, 0.2) is 52.5 Å². The van der Waals surface area contributed by atoms with Gasteiger partial charge in [-0.15, -0.1) is 0 Å². The van der Waals surface area contributed by atoms with E-state index in [0.717, 1.165) is 4.90 Å². The fraction of sp³-hybridized carbons (Fsp3) is 0.143. The van der Waals surface area contributed by atoms with Crippen molar-refractivity contribution >= 4 is 17.7 Å². The molecule has 2 rings (SSSR count). The Kier molecular flexibility index (Phi) is 4.41. The molecule has 0 unspecified atom stereocenters. The quantitative estimate of drug-likeness (QED) is 0.869. The molecule has 0 amide bonds. The second-order valence-corrected chi connectivity index (χ2v) is 4.73. The summed E-state index contributed by atoms with van der Waals surface area (Å²) in [6.07, 6.45) is 1.63. The minimum absolute atomic E-state index is 0.205. The number of esters is 1. The molecule has 1 heterocycles. The van der Waals surface area contributed by atoms with Crippen LogP contribution < -0.4 is 0 Å². The van der Waals surface area contributed by atoms with Crippen LogP contribution in [0.25, 0.3) is 0 Å². The fourth-order valence-electron chi connectivity index (χ4n) is 1.46. The average molecular weight is 275 g/mol. The van der Waals surface area contributed by atoms with Gasteiger partial charge in [-0.3, -0.25) is 0 Å². The molecule has 1 aromatic heterocycles. The van der Waals surface area contributed by atoms with Gasteiger partial charge in [-0.25, -0.2) is 9.78 Å². The van der Waals surface area contributed by atoms with E-state index in [0.29, 0.717) is 17.2 Å². The summed E-state index contributed by atoms with van der Waals surface area (Å²) >= 11 is 1.35. The molecule has 0 aliphatic heterocycles. The molecule has 0 aliphatic rings. The Hall–Kier alpha value is -2.01. The second kappa shape index (κ2) is 6.24. The Balaban J connectivity index is 2.24. The highest BCUT2D eigenvalue weighted by molar-refractivity contribution is 7.99. The summed E-state index contributed by atoms with van der Waals surface area (Å²) < 4.78 is 4.99. The molecule has 5 heteroatoms. The molecule has 1 N–H and O–H groups in total. The monoisotopic (exact) mass is 275 g/mol. The maximum Gasteiger partial charge on any atom is 0.340 e. The Bertz CT molecular complexity index is 569. The first-order valence-electron chi connectivity index (χ1n) is 5.79. The maximum atomic E-state index is 11.8. The summed E-state index contributed by atoms with van der Waals surface area (Å²) in [6.45, 7) is 2.10. The van der Waals surface area contributed by atoms with Crippen LogP contribution in [0.3, 0.4) is 0 Å². The van der Waals surface area contributed by atoms with Crippen LogP contribution in [-0.4, -0.2) is 22.7 Å². The third-order valence-corrected chi connectivity index (χ3v) is 3.34. The van der Waals surface area contributed by atoms with Gasteiger partial charge in [-0.05, 0) is 43.3 Å². The molecular weight excluding hydrogens is 262 g/mol. The number of aromatic hydroxyl groups is 1. The Labute approximate surface area is 115 Å². The molecule has 0 spiro atoms. The van der Waals surface area contributed by atoms with Crippen LogP contribution in [0.5, 0.6) is 5.75 Å². The van der Waals surface area contributed by atoms with Crippen molar-refractivity contribution in [2.24, 2.45) is 0 Å². The van der Waals surface area contributed by atoms with Crippen LogP contribution in [0.2, 0.25) is 0 Å². The second-order valence-electron chi connectivity index (χ2n) is 3.67. The number of aromatic nitrogens is 1. The normalized spacial score (nSPS) is 10.2. The summed E-state index contributed by atoms with van der Waals surface area (Å²) in [6, 6.07) is 10.1.